The summed E-state index contributed by atoms with van der Waals surface area (Å²) in [6.45, 7) is 5.86. The molecule has 0 aliphatic heterocycles. The van der Waals surface area contributed by atoms with Crippen LogP contribution in [0.2, 0.25) is 0 Å². The summed E-state index contributed by atoms with van der Waals surface area (Å²) >= 11 is 0. The number of allylic oxidation sites excluding steroid dienone is 4. The van der Waals surface area contributed by atoms with Gasteiger partial charge in [0.1, 0.15) is 0 Å². The zero-order valence-electron chi connectivity index (χ0n) is 11.3. The number of carbonyl (C=O) groups is 1. The molecule has 0 aromatic heterocycles. The average Bonchev–Trinajstić information content (AvgIpc) is 2.69. The maximum absolute atomic E-state index is 11.7. The van der Waals surface area contributed by atoms with Crippen molar-refractivity contribution in [3.63, 3.8) is 0 Å². The molecule has 0 aromatic rings. The molecule has 0 bridgehead atoms. The molecule has 0 aromatic carbocycles. The highest BCUT2D eigenvalue weighted by atomic mass is 16.3. The lowest BCUT2D eigenvalue weighted by Gasteiger charge is -2.10. The number of unbranched alkanes of at least 4 members (excludes halogenated alkanes) is 2. The van der Waals surface area contributed by atoms with Crippen molar-refractivity contribution in [3.05, 3.63) is 36.5 Å². The maximum atomic E-state index is 11.7. The van der Waals surface area contributed by atoms with Crippen LogP contribution in [-0.4, -0.2) is 17.0 Å². The largest absolute Gasteiger partial charge is 0.393 e. The molecule has 0 radical (unpaired) electrons. The van der Waals surface area contributed by atoms with Crippen LogP contribution in [0.1, 0.15) is 45.4 Å². The molecule has 0 heterocycles. The van der Waals surface area contributed by atoms with Gasteiger partial charge in [0, 0.05) is 11.5 Å². The van der Waals surface area contributed by atoms with Gasteiger partial charge in [-0.1, -0.05) is 44.4 Å². The smallest absolute Gasteiger partial charge is 0.181 e. The van der Waals surface area contributed by atoms with E-state index in [-0.39, 0.29) is 17.8 Å². The Morgan fingerprint density at radius 2 is 2.28 bits per heavy atom. The van der Waals surface area contributed by atoms with Gasteiger partial charge in [-0.05, 0) is 25.3 Å². The Balaban J connectivity index is 2.44. The van der Waals surface area contributed by atoms with E-state index >= 15 is 0 Å². The molecule has 1 rings (SSSR count). The summed E-state index contributed by atoms with van der Waals surface area (Å²) in [4.78, 5) is 11.7. The molecule has 100 valence electrons. The number of aliphatic hydroxyl groups excluding tert-OH is 1. The number of rotatable bonds is 8. The zero-order chi connectivity index (χ0) is 13.4. The van der Waals surface area contributed by atoms with Crippen LogP contribution in [0, 0.1) is 5.92 Å². The molecule has 0 unspecified atom stereocenters. The van der Waals surface area contributed by atoms with Crippen molar-refractivity contribution in [1.29, 1.82) is 0 Å². The van der Waals surface area contributed by atoms with Gasteiger partial charge < -0.3 is 5.11 Å². The summed E-state index contributed by atoms with van der Waals surface area (Å²) in [6, 6.07) is 0. The number of carbonyl (C=O) groups excluding carboxylic acids is 1. The van der Waals surface area contributed by atoms with Crippen LogP contribution in [0.4, 0.5) is 0 Å². The molecule has 0 fully saturated rings. The number of aliphatic hydroxyl groups is 1. The van der Waals surface area contributed by atoms with Crippen LogP contribution in [0.25, 0.3) is 0 Å². The van der Waals surface area contributed by atoms with Gasteiger partial charge >= 0.3 is 0 Å². The highest BCUT2D eigenvalue weighted by Crippen LogP contribution is 2.25. The molecule has 2 atom stereocenters. The summed E-state index contributed by atoms with van der Waals surface area (Å²) in [5.74, 6) is 0.250. The Morgan fingerprint density at radius 1 is 1.50 bits per heavy atom. The van der Waals surface area contributed by atoms with Crippen molar-refractivity contribution >= 4 is 5.78 Å². The summed E-state index contributed by atoms with van der Waals surface area (Å²) in [7, 11) is 0. The van der Waals surface area contributed by atoms with Crippen LogP contribution in [0.15, 0.2) is 36.5 Å². The fourth-order valence-electron chi connectivity index (χ4n) is 2.23. The van der Waals surface area contributed by atoms with Gasteiger partial charge in [-0.25, -0.2) is 0 Å². The number of ketones is 1. The minimum absolute atomic E-state index is 0.0857. The van der Waals surface area contributed by atoms with Crippen LogP contribution in [0.3, 0.4) is 0 Å². The van der Waals surface area contributed by atoms with Crippen LogP contribution in [0.5, 0.6) is 0 Å². The Bertz CT molecular complexity index is 339. The second-order valence-corrected chi connectivity index (χ2v) is 4.90. The lowest BCUT2D eigenvalue weighted by Crippen LogP contribution is -2.08. The van der Waals surface area contributed by atoms with Crippen molar-refractivity contribution in [2.45, 2.75) is 51.6 Å². The molecular formula is C16H24O2. The van der Waals surface area contributed by atoms with Gasteiger partial charge in [-0.3, -0.25) is 4.79 Å². The highest BCUT2D eigenvalue weighted by molar-refractivity contribution is 6.07. The monoisotopic (exact) mass is 248 g/mol. The van der Waals surface area contributed by atoms with Gasteiger partial charge in [0.05, 0.1) is 6.10 Å². The van der Waals surface area contributed by atoms with Crippen molar-refractivity contribution in [2.75, 3.05) is 0 Å². The van der Waals surface area contributed by atoms with E-state index in [9.17, 15) is 9.90 Å². The molecule has 0 amide bonds. The predicted octanol–water partition coefficient (Wildman–Crippen LogP) is 3.58. The lowest BCUT2D eigenvalue weighted by atomic mass is 9.96. The zero-order valence-corrected chi connectivity index (χ0v) is 11.3. The van der Waals surface area contributed by atoms with E-state index in [1.807, 2.05) is 18.2 Å². The first-order valence-electron chi connectivity index (χ1n) is 6.90. The summed E-state index contributed by atoms with van der Waals surface area (Å²) in [6.07, 6.45) is 12.6. The first-order chi connectivity index (χ1) is 8.69. The first kappa shape index (κ1) is 14.9. The standard InChI is InChI=1S/C16H24O2/c1-3-5-6-8-14(17)10-11-15-13(7-4-2)9-12-16(15)18/h4,9,11-14,17H,2-3,5-8,10H2,1H3/b15-11+/t13-,14-/m0/s1. The Morgan fingerprint density at radius 3 is 2.94 bits per heavy atom. The van der Waals surface area contributed by atoms with Crippen LogP contribution in [-0.2, 0) is 4.79 Å². The summed E-state index contributed by atoms with van der Waals surface area (Å²) < 4.78 is 0. The SMILES string of the molecule is C=CC[C@H]1C=CC(=O)/C1=C/C[C@@H](O)CCCCC. The minimum atomic E-state index is -0.318. The van der Waals surface area contributed by atoms with E-state index in [0.717, 1.165) is 37.7 Å². The van der Waals surface area contributed by atoms with Crippen LogP contribution < -0.4 is 0 Å². The van der Waals surface area contributed by atoms with Gasteiger partial charge in [0.2, 0.25) is 0 Å². The minimum Gasteiger partial charge on any atom is -0.393 e. The van der Waals surface area contributed by atoms with E-state index < -0.39 is 0 Å². The normalized spacial score (nSPS) is 22.7. The predicted molar refractivity (Wildman–Crippen MR) is 75.3 cm³/mol. The fourth-order valence-corrected chi connectivity index (χ4v) is 2.23. The summed E-state index contributed by atoms with van der Waals surface area (Å²) in [5.41, 5.74) is 0.824. The van der Waals surface area contributed by atoms with Crippen molar-refractivity contribution in [2.24, 2.45) is 5.92 Å². The van der Waals surface area contributed by atoms with E-state index in [1.165, 1.54) is 0 Å². The lowest BCUT2D eigenvalue weighted by molar-refractivity contribution is -0.111. The molecule has 0 saturated carbocycles. The van der Waals surface area contributed by atoms with Gasteiger partial charge in [0.15, 0.2) is 5.78 Å². The van der Waals surface area contributed by atoms with Gasteiger partial charge in [-0.15, -0.1) is 6.58 Å². The Kier molecular flexibility index (Phi) is 6.66. The molecule has 1 N–H and O–H groups in total. The topological polar surface area (TPSA) is 37.3 Å². The van der Waals surface area contributed by atoms with Gasteiger partial charge in [0.25, 0.3) is 0 Å². The van der Waals surface area contributed by atoms with Crippen molar-refractivity contribution in [3.8, 4) is 0 Å². The second kappa shape index (κ2) is 8.04. The van der Waals surface area contributed by atoms with Crippen molar-refractivity contribution in [1.82, 2.24) is 0 Å². The molecule has 18 heavy (non-hydrogen) atoms. The molecule has 0 saturated heterocycles. The molecule has 1 aliphatic rings. The average molecular weight is 248 g/mol. The molecule has 2 nitrogen and oxygen atoms in total. The highest BCUT2D eigenvalue weighted by Gasteiger charge is 2.21. The van der Waals surface area contributed by atoms with Crippen molar-refractivity contribution < 1.29 is 9.90 Å². The molecule has 2 heteroatoms. The molecule has 0 spiro atoms. The number of hydrogen-bond acceptors (Lipinski definition) is 2. The van der Waals surface area contributed by atoms with Gasteiger partial charge in [-0.2, -0.15) is 0 Å². The number of hydrogen-bond donors (Lipinski definition) is 1. The molecular weight excluding hydrogens is 224 g/mol. The quantitative estimate of drug-likeness (QED) is 0.405. The van der Waals surface area contributed by atoms with E-state index in [1.54, 1.807) is 6.08 Å². The van der Waals surface area contributed by atoms with Crippen LogP contribution >= 0.6 is 0 Å². The third-order valence-electron chi connectivity index (χ3n) is 3.34. The van der Waals surface area contributed by atoms with E-state index in [0.29, 0.717) is 6.42 Å². The van der Waals surface area contributed by atoms with E-state index in [2.05, 4.69) is 13.5 Å². The second-order valence-electron chi connectivity index (χ2n) is 4.90. The third-order valence-corrected chi connectivity index (χ3v) is 3.34. The summed E-state index contributed by atoms with van der Waals surface area (Å²) in [5, 5.41) is 9.84. The first-order valence-corrected chi connectivity index (χ1v) is 6.90. The molecule has 1 aliphatic carbocycles. The Hall–Kier alpha value is -1.15. The van der Waals surface area contributed by atoms with E-state index in [4.69, 9.17) is 0 Å². The third kappa shape index (κ3) is 4.61. The maximum Gasteiger partial charge on any atom is 0.181 e. The Labute approximate surface area is 110 Å². The fraction of sp³-hybridized carbons (Fsp3) is 0.562.